The third-order valence-corrected chi connectivity index (χ3v) is 3.85. The highest BCUT2D eigenvalue weighted by Crippen LogP contribution is 2.29. The van der Waals surface area contributed by atoms with E-state index in [-0.39, 0.29) is 5.78 Å². The second-order valence-corrected chi connectivity index (χ2v) is 5.38. The topological polar surface area (TPSA) is 59.2 Å². The first kappa shape index (κ1) is 13.8. The van der Waals surface area contributed by atoms with Gasteiger partial charge >= 0.3 is 0 Å². The van der Waals surface area contributed by atoms with Gasteiger partial charge in [0.15, 0.2) is 11.6 Å². The molecular formula is C16H19N3O2. The molecule has 0 amide bonds. The number of ketones is 1. The Bertz CT molecular complexity index is 663. The molecule has 110 valence electrons. The third kappa shape index (κ3) is 2.82. The Labute approximate surface area is 124 Å². The Morgan fingerprint density at radius 1 is 1.43 bits per heavy atom. The molecule has 0 saturated heterocycles. The van der Waals surface area contributed by atoms with Crippen LogP contribution >= 0.6 is 0 Å². The molecule has 1 aromatic carbocycles. The fourth-order valence-corrected chi connectivity index (χ4v) is 2.73. The first-order chi connectivity index (χ1) is 10.2. The summed E-state index contributed by atoms with van der Waals surface area (Å²) in [6.45, 7) is 5.23. The number of rotatable bonds is 4. The molecule has 3 rings (SSSR count). The van der Waals surface area contributed by atoms with E-state index in [9.17, 15) is 4.79 Å². The molecule has 0 spiro atoms. The van der Waals surface area contributed by atoms with E-state index in [0.717, 1.165) is 37.2 Å². The van der Waals surface area contributed by atoms with Gasteiger partial charge < -0.3 is 9.42 Å². The molecule has 5 heteroatoms. The van der Waals surface area contributed by atoms with Crippen LogP contribution in [0.15, 0.2) is 22.7 Å². The molecule has 0 aliphatic carbocycles. The first-order valence-electron chi connectivity index (χ1n) is 7.37. The third-order valence-electron chi connectivity index (χ3n) is 3.85. The van der Waals surface area contributed by atoms with E-state index in [0.29, 0.717) is 12.4 Å². The number of aromatic nitrogens is 2. The largest absolute Gasteiger partial charge is 0.364 e. The number of benzene rings is 1. The highest BCUT2D eigenvalue weighted by molar-refractivity contribution is 5.94. The van der Waals surface area contributed by atoms with Crippen molar-refractivity contribution in [3.63, 3.8) is 0 Å². The number of hydrogen-bond donors (Lipinski definition) is 0. The average molecular weight is 285 g/mol. The minimum absolute atomic E-state index is 0.112. The van der Waals surface area contributed by atoms with Crippen molar-refractivity contribution in [1.82, 2.24) is 10.1 Å². The van der Waals surface area contributed by atoms with Crippen LogP contribution in [0.2, 0.25) is 0 Å². The van der Waals surface area contributed by atoms with Gasteiger partial charge in [0.05, 0.1) is 6.54 Å². The van der Waals surface area contributed by atoms with Gasteiger partial charge in [-0.15, -0.1) is 0 Å². The van der Waals surface area contributed by atoms with E-state index >= 15 is 0 Å². The molecule has 1 aromatic heterocycles. The Balaban J connectivity index is 1.84. The summed E-state index contributed by atoms with van der Waals surface area (Å²) in [5.41, 5.74) is 3.19. The SMILES string of the molecule is CCc1nc(CN2CCCc3cc(C(C)=O)ccc32)no1. The van der Waals surface area contributed by atoms with Gasteiger partial charge in [0.25, 0.3) is 0 Å². The second-order valence-electron chi connectivity index (χ2n) is 5.38. The zero-order valence-electron chi connectivity index (χ0n) is 12.4. The van der Waals surface area contributed by atoms with Crippen LogP contribution in [0, 0.1) is 0 Å². The van der Waals surface area contributed by atoms with Crippen LogP contribution in [0.3, 0.4) is 0 Å². The van der Waals surface area contributed by atoms with Gasteiger partial charge in [-0.25, -0.2) is 0 Å². The zero-order valence-corrected chi connectivity index (χ0v) is 12.4. The number of Topliss-reactive ketones (excluding diaryl/α,β-unsaturated/α-hetero) is 1. The smallest absolute Gasteiger partial charge is 0.226 e. The number of fused-ring (bicyclic) bond motifs is 1. The van der Waals surface area contributed by atoms with E-state index in [1.807, 2.05) is 25.1 Å². The lowest BCUT2D eigenvalue weighted by atomic mass is 9.98. The van der Waals surface area contributed by atoms with Crippen LogP contribution in [0.1, 0.15) is 47.9 Å². The molecule has 2 aromatic rings. The number of carbonyl (C=O) groups excluding carboxylic acids is 1. The monoisotopic (exact) mass is 285 g/mol. The van der Waals surface area contributed by atoms with E-state index in [4.69, 9.17) is 4.52 Å². The Morgan fingerprint density at radius 3 is 3.00 bits per heavy atom. The van der Waals surface area contributed by atoms with Crippen LogP contribution in [0.25, 0.3) is 0 Å². The lowest BCUT2D eigenvalue weighted by molar-refractivity contribution is 0.101. The van der Waals surface area contributed by atoms with Crippen LogP contribution in [-0.4, -0.2) is 22.5 Å². The number of nitrogens with zero attached hydrogens (tertiary/aromatic N) is 3. The molecule has 0 atom stereocenters. The molecule has 2 heterocycles. The van der Waals surface area contributed by atoms with Gasteiger partial charge in [-0.2, -0.15) is 4.98 Å². The number of carbonyl (C=O) groups is 1. The maximum Gasteiger partial charge on any atom is 0.226 e. The van der Waals surface area contributed by atoms with Gasteiger partial charge in [0.1, 0.15) is 0 Å². The highest BCUT2D eigenvalue weighted by Gasteiger charge is 2.19. The summed E-state index contributed by atoms with van der Waals surface area (Å²) >= 11 is 0. The molecule has 0 radical (unpaired) electrons. The van der Waals surface area contributed by atoms with Gasteiger partial charge in [0, 0.05) is 24.2 Å². The fraction of sp³-hybridized carbons (Fsp3) is 0.438. The molecule has 0 unspecified atom stereocenters. The lowest BCUT2D eigenvalue weighted by Crippen LogP contribution is -2.29. The minimum atomic E-state index is 0.112. The zero-order chi connectivity index (χ0) is 14.8. The molecular weight excluding hydrogens is 266 g/mol. The maximum absolute atomic E-state index is 11.5. The molecule has 0 fully saturated rings. The lowest BCUT2D eigenvalue weighted by Gasteiger charge is -2.30. The molecule has 1 aliphatic rings. The normalized spacial score (nSPS) is 14.1. The van der Waals surface area contributed by atoms with Crippen molar-refractivity contribution in [2.45, 2.75) is 39.7 Å². The number of aryl methyl sites for hydroxylation is 2. The van der Waals surface area contributed by atoms with E-state index in [1.54, 1.807) is 6.92 Å². The van der Waals surface area contributed by atoms with Crippen LogP contribution < -0.4 is 4.90 Å². The summed E-state index contributed by atoms with van der Waals surface area (Å²) < 4.78 is 5.16. The standard InChI is InChI=1S/C16H19N3O2/c1-3-16-17-15(18-21-16)10-19-8-4-5-13-9-12(11(2)20)6-7-14(13)19/h6-7,9H,3-5,8,10H2,1-2H3. The highest BCUT2D eigenvalue weighted by atomic mass is 16.5. The quantitative estimate of drug-likeness (QED) is 0.808. The molecule has 1 aliphatic heterocycles. The average Bonchev–Trinajstić information content (AvgIpc) is 2.94. The Hall–Kier alpha value is -2.17. The maximum atomic E-state index is 11.5. The van der Waals surface area contributed by atoms with E-state index in [2.05, 4.69) is 15.0 Å². The van der Waals surface area contributed by atoms with Crippen molar-refractivity contribution in [2.75, 3.05) is 11.4 Å². The molecule has 5 nitrogen and oxygen atoms in total. The predicted octanol–water partition coefficient (Wildman–Crippen LogP) is 2.79. The van der Waals surface area contributed by atoms with Crippen molar-refractivity contribution in [2.24, 2.45) is 0 Å². The Kier molecular flexibility index (Phi) is 3.73. The van der Waals surface area contributed by atoms with Crippen molar-refractivity contribution in [3.8, 4) is 0 Å². The van der Waals surface area contributed by atoms with Gasteiger partial charge in [-0.05, 0) is 43.5 Å². The number of anilines is 1. The van der Waals surface area contributed by atoms with Crippen LogP contribution in [-0.2, 0) is 19.4 Å². The molecule has 0 saturated carbocycles. The summed E-state index contributed by atoms with van der Waals surface area (Å²) in [6, 6.07) is 5.94. The predicted molar refractivity (Wildman–Crippen MR) is 79.5 cm³/mol. The first-order valence-corrected chi connectivity index (χ1v) is 7.37. The van der Waals surface area contributed by atoms with Crippen molar-refractivity contribution < 1.29 is 9.32 Å². The second kappa shape index (κ2) is 5.68. The van der Waals surface area contributed by atoms with Gasteiger partial charge in [-0.1, -0.05) is 12.1 Å². The number of hydrogen-bond acceptors (Lipinski definition) is 5. The fourth-order valence-electron chi connectivity index (χ4n) is 2.73. The van der Waals surface area contributed by atoms with Crippen molar-refractivity contribution in [1.29, 1.82) is 0 Å². The summed E-state index contributed by atoms with van der Waals surface area (Å²) in [6.07, 6.45) is 2.85. The van der Waals surface area contributed by atoms with E-state index < -0.39 is 0 Å². The van der Waals surface area contributed by atoms with E-state index in [1.165, 1.54) is 11.3 Å². The summed E-state index contributed by atoms with van der Waals surface area (Å²) in [7, 11) is 0. The van der Waals surface area contributed by atoms with Gasteiger partial charge in [-0.3, -0.25) is 4.79 Å². The van der Waals surface area contributed by atoms with Crippen molar-refractivity contribution in [3.05, 3.63) is 41.0 Å². The minimum Gasteiger partial charge on any atom is -0.364 e. The summed E-state index contributed by atoms with van der Waals surface area (Å²) in [5.74, 6) is 1.50. The molecule has 21 heavy (non-hydrogen) atoms. The summed E-state index contributed by atoms with van der Waals surface area (Å²) in [4.78, 5) is 18.1. The van der Waals surface area contributed by atoms with Crippen LogP contribution in [0.5, 0.6) is 0 Å². The van der Waals surface area contributed by atoms with Crippen LogP contribution in [0.4, 0.5) is 5.69 Å². The summed E-state index contributed by atoms with van der Waals surface area (Å²) in [5, 5.41) is 4.02. The Morgan fingerprint density at radius 2 is 2.29 bits per heavy atom. The van der Waals surface area contributed by atoms with Gasteiger partial charge in [0.2, 0.25) is 5.89 Å². The van der Waals surface area contributed by atoms with Crippen molar-refractivity contribution >= 4 is 11.5 Å². The molecule has 0 bridgehead atoms. The molecule has 0 N–H and O–H groups in total.